The molecule has 4 heteroatoms. The molecular weight excluding hydrogens is 166 g/mol. The maximum atomic E-state index is 11.2. The first-order valence-electron chi connectivity index (χ1n) is 5.10. The van der Waals surface area contributed by atoms with Crippen LogP contribution in [-0.2, 0) is 4.79 Å². The van der Waals surface area contributed by atoms with Crippen LogP contribution in [0.1, 0.15) is 13.8 Å². The van der Waals surface area contributed by atoms with Gasteiger partial charge < -0.3 is 10.6 Å². The predicted octanol–water partition coefficient (Wildman–Crippen LogP) is -0.584. The minimum Gasteiger partial charge on any atom is -0.353 e. The number of carbonyl (C=O) groups excluding carboxylic acids is 1. The fraction of sp³-hybridized carbons (Fsp3) is 0.889. The Labute approximate surface area is 79.7 Å². The second-order valence-corrected chi connectivity index (χ2v) is 3.05. The molecular formula is C9H19N3O. The molecule has 2 aliphatic heterocycles. The van der Waals surface area contributed by atoms with Crippen molar-refractivity contribution in [2.75, 3.05) is 32.7 Å². The number of hydrogen-bond acceptors (Lipinski definition) is 3. The number of piperazine rings is 2. The highest BCUT2D eigenvalue weighted by Crippen LogP contribution is 2.05. The van der Waals surface area contributed by atoms with Crippen molar-refractivity contribution in [3.63, 3.8) is 0 Å². The summed E-state index contributed by atoms with van der Waals surface area (Å²) in [5.74, 6) is 0.184. The molecule has 2 rings (SSSR count). The Hall–Kier alpha value is -0.610. The molecule has 13 heavy (non-hydrogen) atoms. The van der Waals surface area contributed by atoms with Crippen LogP contribution >= 0.6 is 0 Å². The standard InChI is InChI=1S/C7H13N3O.C2H6/c11-7-6-5-8-1-3-10(6)4-2-9-7;1-2/h6,8H,1-5H2,(H,9,11);1-2H3. The van der Waals surface area contributed by atoms with Gasteiger partial charge in [0.05, 0.1) is 0 Å². The Bertz CT molecular complexity index is 170. The molecule has 0 aromatic rings. The van der Waals surface area contributed by atoms with Gasteiger partial charge in [-0.1, -0.05) is 13.8 Å². The third-order valence-electron chi connectivity index (χ3n) is 2.36. The highest BCUT2D eigenvalue weighted by molar-refractivity contribution is 5.82. The normalized spacial score (nSPS) is 28.2. The average molecular weight is 185 g/mol. The van der Waals surface area contributed by atoms with Crippen LogP contribution in [0.3, 0.4) is 0 Å². The zero-order chi connectivity index (χ0) is 9.68. The highest BCUT2D eigenvalue weighted by Gasteiger charge is 2.30. The zero-order valence-electron chi connectivity index (χ0n) is 8.47. The van der Waals surface area contributed by atoms with Gasteiger partial charge in [0, 0.05) is 32.7 Å². The number of fused-ring (bicyclic) bond motifs is 1. The molecule has 0 saturated carbocycles. The fourth-order valence-electron chi connectivity index (χ4n) is 1.71. The molecule has 2 heterocycles. The second kappa shape index (κ2) is 5.19. The summed E-state index contributed by atoms with van der Waals surface area (Å²) in [6.45, 7) is 8.67. The van der Waals surface area contributed by atoms with Crippen molar-refractivity contribution in [3.8, 4) is 0 Å². The van der Waals surface area contributed by atoms with Gasteiger partial charge in [-0.3, -0.25) is 9.69 Å². The SMILES string of the molecule is CC.O=C1NCCN2CCNCC12. The van der Waals surface area contributed by atoms with E-state index in [1.807, 2.05) is 13.8 Å². The average Bonchev–Trinajstić information content (AvgIpc) is 2.22. The Morgan fingerprint density at radius 2 is 2.00 bits per heavy atom. The number of nitrogens with zero attached hydrogens (tertiary/aromatic N) is 1. The molecule has 0 aromatic heterocycles. The van der Waals surface area contributed by atoms with E-state index in [9.17, 15) is 4.79 Å². The van der Waals surface area contributed by atoms with Crippen LogP contribution in [0.5, 0.6) is 0 Å². The van der Waals surface area contributed by atoms with Gasteiger partial charge in [-0.05, 0) is 0 Å². The number of hydrogen-bond donors (Lipinski definition) is 2. The zero-order valence-corrected chi connectivity index (χ0v) is 8.47. The molecule has 2 saturated heterocycles. The molecule has 76 valence electrons. The van der Waals surface area contributed by atoms with E-state index in [1.165, 1.54) is 0 Å². The van der Waals surface area contributed by atoms with E-state index in [0.29, 0.717) is 0 Å². The summed E-state index contributed by atoms with van der Waals surface area (Å²) in [5, 5.41) is 6.07. The first-order chi connectivity index (χ1) is 6.38. The van der Waals surface area contributed by atoms with E-state index >= 15 is 0 Å². The first-order valence-corrected chi connectivity index (χ1v) is 5.10. The van der Waals surface area contributed by atoms with Crippen LogP contribution in [0.2, 0.25) is 0 Å². The molecule has 1 unspecified atom stereocenters. The summed E-state index contributed by atoms with van der Waals surface area (Å²) in [7, 11) is 0. The maximum Gasteiger partial charge on any atom is 0.238 e. The van der Waals surface area contributed by atoms with E-state index in [2.05, 4.69) is 15.5 Å². The molecule has 0 spiro atoms. The maximum absolute atomic E-state index is 11.2. The lowest BCUT2D eigenvalue weighted by Gasteiger charge is -2.38. The lowest BCUT2D eigenvalue weighted by atomic mass is 10.1. The van der Waals surface area contributed by atoms with Crippen molar-refractivity contribution < 1.29 is 4.79 Å². The Kier molecular flexibility index (Phi) is 4.18. The van der Waals surface area contributed by atoms with Gasteiger partial charge in [0.2, 0.25) is 5.91 Å². The smallest absolute Gasteiger partial charge is 0.238 e. The summed E-state index contributed by atoms with van der Waals surface area (Å²) < 4.78 is 0. The van der Waals surface area contributed by atoms with Gasteiger partial charge in [0.1, 0.15) is 6.04 Å². The van der Waals surface area contributed by atoms with Gasteiger partial charge in [0.25, 0.3) is 0 Å². The predicted molar refractivity (Wildman–Crippen MR) is 52.6 cm³/mol. The van der Waals surface area contributed by atoms with Gasteiger partial charge in [0.15, 0.2) is 0 Å². The van der Waals surface area contributed by atoms with Gasteiger partial charge in [-0.25, -0.2) is 0 Å². The first kappa shape index (κ1) is 10.5. The molecule has 1 atom stereocenters. The molecule has 0 bridgehead atoms. The molecule has 0 aliphatic carbocycles. The minimum atomic E-state index is 0.0949. The van der Waals surface area contributed by atoms with Crippen molar-refractivity contribution in [1.82, 2.24) is 15.5 Å². The Morgan fingerprint density at radius 3 is 2.69 bits per heavy atom. The third-order valence-corrected chi connectivity index (χ3v) is 2.36. The molecule has 2 aliphatic rings. The summed E-state index contributed by atoms with van der Waals surface area (Å²) in [4.78, 5) is 13.5. The second-order valence-electron chi connectivity index (χ2n) is 3.05. The topological polar surface area (TPSA) is 44.4 Å². The van der Waals surface area contributed by atoms with Crippen LogP contribution in [0.25, 0.3) is 0 Å². The van der Waals surface area contributed by atoms with Gasteiger partial charge >= 0.3 is 0 Å². The van der Waals surface area contributed by atoms with E-state index in [4.69, 9.17) is 0 Å². The summed E-state index contributed by atoms with van der Waals surface area (Å²) in [6, 6.07) is 0.0949. The Balaban J connectivity index is 0.000000396. The third kappa shape index (κ3) is 2.42. The molecule has 0 aromatic carbocycles. The van der Waals surface area contributed by atoms with Gasteiger partial charge in [-0.15, -0.1) is 0 Å². The number of nitrogens with one attached hydrogen (secondary N) is 2. The highest BCUT2D eigenvalue weighted by atomic mass is 16.2. The van der Waals surface area contributed by atoms with Crippen molar-refractivity contribution in [3.05, 3.63) is 0 Å². The molecule has 4 nitrogen and oxygen atoms in total. The number of amides is 1. The molecule has 2 fully saturated rings. The van der Waals surface area contributed by atoms with E-state index in [1.54, 1.807) is 0 Å². The van der Waals surface area contributed by atoms with Gasteiger partial charge in [-0.2, -0.15) is 0 Å². The Morgan fingerprint density at radius 1 is 1.31 bits per heavy atom. The largest absolute Gasteiger partial charge is 0.353 e. The quantitative estimate of drug-likeness (QED) is 0.530. The minimum absolute atomic E-state index is 0.0949. The summed E-state index contributed by atoms with van der Waals surface area (Å²) in [5.41, 5.74) is 0. The lowest BCUT2D eigenvalue weighted by Crippen LogP contribution is -2.62. The van der Waals surface area contributed by atoms with Crippen LogP contribution in [0.4, 0.5) is 0 Å². The fourth-order valence-corrected chi connectivity index (χ4v) is 1.71. The lowest BCUT2D eigenvalue weighted by molar-refractivity contribution is -0.129. The monoisotopic (exact) mass is 185 g/mol. The molecule has 0 radical (unpaired) electrons. The number of carbonyl (C=O) groups is 1. The van der Waals surface area contributed by atoms with Crippen molar-refractivity contribution in [2.45, 2.75) is 19.9 Å². The van der Waals surface area contributed by atoms with Crippen LogP contribution < -0.4 is 10.6 Å². The van der Waals surface area contributed by atoms with E-state index in [-0.39, 0.29) is 11.9 Å². The van der Waals surface area contributed by atoms with Crippen LogP contribution in [0.15, 0.2) is 0 Å². The summed E-state index contributed by atoms with van der Waals surface area (Å²) >= 11 is 0. The molecule has 2 N–H and O–H groups in total. The molecule has 1 amide bonds. The van der Waals surface area contributed by atoms with Crippen molar-refractivity contribution in [2.24, 2.45) is 0 Å². The van der Waals surface area contributed by atoms with E-state index < -0.39 is 0 Å². The summed E-state index contributed by atoms with van der Waals surface area (Å²) in [6.07, 6.45) is 0. The van der Waals surface area contributed by atoms with Crippen LogP contribution in [-0.4, -0.2) is 49.6 Å². The number of rotatable bonds is 0. The van der Waals surface area contributed by atoms with Crippen molar-refractivity contribution in [1.29, 1.82) is 0 Å². The van der Waals surface area contributed by atoms with E-state index in [0.717, 1.165) is 32.7 Å². The van der Waals surface area contributed by atoms with Crippen LogP contribution in [0, 0.1) is 0 Å². The van der Waals surface area contributed by atoms with Crippen molar-refractivity contribution >= 4 is 5.91 Å².